The van der Waals surface area contributed by atoms with Gasteiger partial charge in [-0.15, -0.1) is 0 Å². The second-order valence-electron chi connectivity index (χ2n) is 0.385. The van der Waals surface area contributed by atoms with Gasteiger partial charge in [-0.3, -0.25) is 0 Å². The van der Waals surface area contributed by atoms with Crippen molar-refractivity contribution in [2.45, 2.75) is 0 Å². The van der Waals surface area contributed by atoms with Crippen LogP contribution < -0.4 is 20.1 Å². The monoisotopic (exact) mass is 380 g/mol. The van der Waals surface area contributed by atoms with Crippen molar-refractivity contribution in [1.82, 2.24) is 0 Å². The molecule has 0 rings (SSSR count). The van der Waals surface area contributed by atoms with Crippen molar-refractivity contribution in [3.8, 4) is 0 Å². The molecule has 68 valence electrons. The fourth-order valence-electron chi connectivity index (χ4n) is 0. The first-order chi connectivity index (χ1) is 5.66. The van der Waals surface area contributed by atoms with Crippen LogP contribution in [0.2, 0.25) is 0 Å². The van der Waals surface area contributed by atoms with Gasteiger partial charge in [0.15, 0.2) is 0 Å². The summed E-state index contributed by atoms with van der Waals surface area (Å²) in [6, 6.07) is 0. The molecule has 0 saturated carbocycles. The predicted octanol–water partition coefficient (Wildman–Crippen LogP) is -7.14. The molecule has 0 aromatic carbocycles. The molecule has 0 fully saturated rings. The van der Waals surface area contributed by atoms with Crippen LogP contribution in [0.1, 0.15) is 0 Å². The first-order valence-corrected chi connectivity index (χ1v) is 1.89. The molecule has 0 N–H and O–H groups in total. The van der Waals surface area contributed by atoms with Crippen molar-refractivity contribution in [3.63, 3.8) is 0 Å². The summed E-state index contributed by atoms with van der Waals surface area (Å²) in [5.74, 6) is 0. The van der Waals surface area contributed by atoms with E-state index in [1.54, 1.807) is 0 Å². The molecule has 0 spiro atoms. The third-order valence-electron chi connectivity index (χ3n) is 0. The zero-order valence-electron chi connectivity index (χ0n) is 6.08. The molecule has 13 heteroatoms. The first kappa shape index (κ1) is 29.4. The van der Waals surface area contributed by atoms with E-state index in [0.717, 1.165) is 0 Å². The zero-order chi connectivity index (χ0) is 10.8. The van der Waals surface area contributed by atoms with Crippen molar-refractivity contribution in [2.24, 2.45) is 0 Å². The molecule has 0 amide bonds. The maximum absolute atomic E-state index is 8.25. The van der Waals surface area contributed by atoms with E-state index in [1.807, 2.05) is 0 Å². The summed E-state index contributed by atoms with van der Waals surface area (Å²) in [7, 11) is -2.00. The van der Waals surface area contributed by atoms with Crippen molar-refractivity contribution >= 4 is 56.7 Å². The predicted molar refractivity (Wildman–Crippen MR) is 31.5 cm³/mol. The maximum Gasteiger partial charge on any atom is 0 e. The molecule has 0 bridgehead atoms. The standard InChI is InChI=1S/4BO2.Pb/c4*2-1-3;/q4*-1;. The maximum atomic E-state index is 8.25. The van der Waals surface area contributed by atoms with E-state index in [0.29, 0.717) is 0 Å². The Balaban J connectivity index is -0.0000000213. The third kappa shape index (κ3) is 6080. The van der Waals surface area contributed by atoms with E-state index < -0.39 is 29.4 Å². The van der Waals surface area contributed by atoms with Gasteiger partial charge in [0, 0.05) is 27.3 Å². The molecular weight excluding hydrogens is 378 g/mol. The van der Waals surface area contributed by atoms with Gasteiger partial charge < -0.3 is 0 Å². The summed E-state index contributed by atoms with van der Waals surface area (Å²) in [5.41, 5.74) is 0. The Morgan fingerprint density at radius 1 is 0.538 bits per heavy atom. The largest absolute Gasteiger partial charge is 0 e. The van der Waals surface area contributed by atoms with Crippen molar-refractivity contribution in [3.05, 3.63) is 0 Å². The second-order valence-corrected chi connectivity index (χ2v) is 0.385. The Bertz CT molecular complexity index is 70.1. The van der Waals surface area contributed by atoms with Gasteiger partial charge in [0.25, 0.3) is 0 Å². The quantitative estimate of drug-likeness (QED) is 0.376. The van der Waals surface area contributed by atoms with Gasteiger partial charge in [0.1, 0.15) is 0 Å². The fraction of sp³-hybridized carbons (Fsp3) is 0. The Morgan fingerprint density at radius 2 is 0.538 bits per heavy atom. The van der Waals surface area contributed by atoms with Gasteiger partial charge in [0.05, 0.1) is 0 Å². The van der Waals surface area contributed by atoms with Crippen LogP contribution >= 0.6 is 0 Å². The molecule has 8 nitrogen and oxygen atoms in total. The molecule has 0 aliphatic carbocycles. The fourth-order valence-corrected chi connectivity index (χ4v) is 0. The summed E-state index contributed by atoms with van der Waals surface area (Å²) in [6.45, 7) is 0. The third-order valence-corrected chi connectivity index (χ3v) is 0. The minimum atomic E-state index is -0.500. The Hall–Kier alpha value is -0.418. The van der Waals surface area contributed by atoms with Crippen LogP contribution in [0.4, 0.5) is 0 Å². The Morgan fingerprint density at radius 3 is 0.538 bits per heavy atom. The topological polar surface area (TPSA) is 161 Å². The molecule has 0 aliphatic heterocycles. The normalized spacial score (nSPS) is 2.46. The van der Waals surface area contributed by atoms with Crippen LogP contribution in [-0.4, -0.2) is 56.7 Å². The Labute approximate surface area is 95.6 Å². The van der Waals surface area contributed by atoms with Gasteiger partial charge in [-0.1, -0.05) is 0 Å². The average molecular weight is 378 g/mol. The van der Waals surface area contributed by atoms with Crippen molar-refractivity contribution in [1.29, 1.82) is 0 Å². The van der Waals surface area contributed by atoms with Gasteiger partial charge >= 0.3 is 68.3 Å². The SMILES string of the molecule is O=B[O-].O=B[O-].O=B[O-].O=B[O-].[Pb]. The van der Waals surface area contributed by atoms with E-state index in [4.69, 9.17) is 38.9 Å². The molecule has 0 saturated heterocycles. The zero-order valence-corrected chi connectivity index (χ0v) is 9.96. The second kappa shape index (κ2) is 101. The molecule has 0 aromatic heterocycles. The Kier molecular flexibility index (Phi) is 228. The average Bonchev–Trinajstić information content (AvgIpc) is 1.92. The molecule has 0 aromatic rings. The van der Waals surface area contributed by atoms with Crippen molar-refractivity contribution < 1.29 is 38.9 Å². The van der Waals surface area contributed by atoms with Gasteiger partial charge in [-0.25, -0.2) is 0 Å². The van der Waals surface area contributed by atoms with E-state index in [2.05, 4.69) is 0 Å². The summed E-state index contributed by atoms with van der Waals surface area (Å²) < 4.78 is 33.0. The molecule has 13 heavy (non-hydrogen) atoms. The van der Waals surface area contributed by atoms with Gasteiger partial charge in [0.2, 0.25) is 0 Å². The van der Waals surface area contributed by atoms with Crippen LogP contribution in [-0.2, 0) is 18.8 Å². The van der Waals surface area contributed by atoms with Crippen LogP contribution in [0.5, 0.6) is 0 Å². The summed E-state index contributed by atoms with van der Waals surface area (Å²) in [5, 5.41) is 33.0. The molecular formula is B4O8Pb-4. The van der Waals surface area contributed by atoms with Gasteiger partial charge in [-0.2, -0.15) is 0 Å². The minimum Gasteiger partial charge on any atom is 0 e. The number of hydrogen-bond acceptors (Lipinski definition) is 8. The smallest absolute Gasteiger partial charge is 0 e. The van der Waals surface area contributed by atoms with E-state index >= 15 is 0 Å². The van der Waals surface area contributed by atoms with Crippen LogP contribution in [0.25, 0.3) is 0 Å². The number of rotatable bonds is 0. The van der Waals surface area contributed by atoms with E-state index in [9.17, 15) is 0 Å². The van der Waals surface area contributed by atoms with Crippen molar-refractivity contribution in [2.75, 3.05) is 0 Å². The molecule has 0 unspecified atom stereocenters. The summed E-state index contributed by atoms with van der Waals surface area (Å²) in [4.78, 5) is 0. The molecule has 4 radical (unpaired) electrons. The van der Waals surface area contributed by atoms with E-state index in [-0.39, 0.29) is 27.3 Å². The first-order valence-electron chi connectivity index (χ1n) is 1.89. The molecule has 0 heterocycles. The number of hydrogen-bond donors (Lipinski definition) is 0. The van der Waals surface area contributed by atoms with Crippen LogP contribution in [0.3, 0.4) is 0 Å². The van der Waals surface area contributed by atoms with Crippen LogP contribution in [0, 0.1) is 0 Å². The van der Waals surface area contributed by atoms with Gasteiger partial charge in [-0.05, 0) is 0 Å². The molecule has 0 atom stereocenters. The van der Waals surface area contributed by atoms with E-state index in [1.165, 1.54) is 0 Å². The van der Waals surface area contributed by atoms with Crippen LogP contribution in [0.15, 0.2) is 0 Å². The molecule has 0 aliphatic rings. The minimum absolute atomic E-state index is 0. The summed E-state index contributed by atoms with van der Waals surface area (Å²) in [6.07, 6.45) is 0. The summed E-state index contributed by atoms with van der Waals surface area (Å²) >= 11 is 0.